The molecular formula is C7H7Br2NO2Zn. The molecule has 1 aromatic rings. The van der Waals surface area contributed by atoms with Crippen molar-refractivity contribution in [3.05, 3.63) is 16.6 Å². The van der Waals surface area contributed by atoms with E-state index in [2.05, 4.69) is 40.6 Å². The van der Waals surface area contributed by atoms with Gasteiger partial charge in [0.2, 0.25) is 0 Å². The van der Waals surface area contributed by atoms with Gasteiger partial charge in [0.25, 0.3) is 0 Å². The predicted molar refractivity (Wildman–Crippen MR) is 52.8 cm³/mol. The van der Waals surface area contributed by atoms with E-state index in [9.17, 15) is 0 Å². The Kier molecular flexibility index (Phi) is 7.91. The molecule has 0 aliphatic rings. The molecule has 3 nitrogen and oxygen atoms in total. The standard InChI is InChI=1S/C7H7BrNO2.BrH.Zn/c1-10-6-4-3-5(8)7(9-6)11-2;;/h3H,1-2H3;1H;/q-1;;+2/p-1. The second-order valence-corrected chi connectivity index (χ2v) is 2.62. The maximum atomic E-state index is 4.93. The van der Waals surface area contributed by atoms with E-state index >= 15 is 0 Å². The van der Waals surface area contributed by atoms with Crippen molar-refractivity contribution < 1.29 is 25.8 Å². The Labute approximate surface area is 102 Å². The van der Waals surface area contributed by atoms with Crippen molar-refractivity contribution in [1.29, 1.82) is 0 Å². The summed E-state index contributed by atoms with van der Waals surface area (Å²) in [4.78, 5) is 3.96. The Morgan fingerprint density at radius 1 is 1.38 bits per heavy atom. The Hall–Kier alpha value is 0.333. The molecule has 68 valence electrons. The molecule has 0 N–H and O–H groups in total. The molecule has 0 unspecified atom stereocenters. The molecule has 1 aromatic heterocycles. The molecule has 1 rings (SSSR count). The number of ether oxygens (including phenoxy) is 2. The van der Waals surface area contributed by atoms with Gasteiger partial charge in [-0.15, -0.1) is 0 Å². The van der Waals surface area contributed by atoms with Crippen LogP contribution in [0.3, 0.4) is 0 Å². The zero-order valence-electron chi connectivity index (χ0n) is 7.30. The van der Waals surface area contributed by atoms with Crippen molar-refractivity contribution in [2.45, 2.75) is 0 Å². The topological polar surface area (TPSA) is 31.4 Å². The van der Waals surface area contributed by atoms with Crippen molar-refractivity contribution in [2.75, 3.05) is 14.2 Å². The van der Waals surface area contributed by atoms with Gasteiger partial charge in [0.1, 0.15) is 11.8 Å². The second kappa shape index (κ2) is 7.71. The molecule has 0 radical (unpaired) electrons. The van der Waals surface area contributed by atoms with Crippen molar-refractivity contribution in [3.8, 4) is 11.8 Å². The van der Waals surface area contributed by atoms with Crippen LogP contribution in [0.1, 0.15) is 0 Å². The average Bonchev–Trinajstić information content (AvgIpc) is 2.22. The monoisotopic (exact) mass is 359 g/mol. The van der Waals surface area contributed by atoms with Crippen LogP contribution in [0.25, 0.3) is 0 Å². The van der Waals surface area contributed by atoms with E-state index < -0.39 is 0 Å². The fraction of sp³-hybridized carbons (Fsp3) is 0.286. The molecule has 0 aliphatic carbocycles. The van der Waals surface area contributed by atoms with E-state index in [4.69, 9.17) is 9.47 Å². The van der Waals surface area contributed by atoms with E-state index in [1.807, 2.05) is 0 Å². The van der Waals surface area contributed by atoms with Crippen molar-refractivity contribution in [3.63, 3.8) is 0 Å². The van der Waals surface area contributed by atoms with Crippen molar-refractivity contribution in [2.24, 2.45) is 0 Å². The third-order valence-corrected chi connectivity index (χ3v) is 1.68. The summed E-state index contributed by atoms with van der Waals surface area (Å²) in [5.74, 6) is 0.922. The normalized spacial score (nSPS) is 8.46. The Bertz CT molecular complexity index is 260. The fourth-order valence-electron chi connectivity index (χ4n) is 0.612. The number of nitrogens with zero attached hydrogens (tertiary/aromatic N) is 1. The number of hydrogen-bond donors (Lipinski definition) is 0. The number of rotatable bonds is 2. The van der Waals surface area contributed by atoms with E-state index in [0.717, 1.165) is 4.47 Å². The summed E-state index contributed by atoms with van der Waals surface area (Å²) in [6, 6.07) is 4.50. The van der Waals surface area contributed by atoms with Gasteiger partial charge in [0.15, 0.2) is 0 Å². The molecular weight excluding hydrogens is 355 g/mol. The van der Waals surface area contributed by atoms with Gasteiger partial charge in [-0.1, -0.05) is 4.47 Å². The first kappa shape index (κ1) is 13.3. The van der Waals surface area contributed by atoms with Gasteiger partial charge in [0.05, 0.1) is 14.2 Å². The third kappa shape index (κ3) is 4.38. The maximum absolute atomic E-state index is 4.93. The van der Waals surface area contributed by atoms with Gasteiger partial charge in [0, 0.05) is 0 Å². The van der Waals surface area contributed by atoms with Crippen LogP contribution in [0.15, 0.2) is 10.5 Å². The zero-order valence-corrected chi connectivity index (χ0v) is 13.4. The summed E-state index contributed by atoms with van der Waals surface area (Å²) in [5, 5.41) is 0. The molecule has 0 bridgehead atoms. The third-order valence-electron chi connectivity index (χ3n) is 1.12. The number of pyridine rings is 1. The molecule has 6 heteroatoms. The van der Waals surface area contributed by atoms with Gasteiger partial charge in [-0.2, -0.15) is 22.0 Å². The van der Waals surface area contributed by atoms with Crippen LogP contribution in [0, 0.1) is 6.07 Å². The zero-order chi connectivity index (χ0) is 10.3. The number of halogens is 2. The van der Waals surface area contributed by atoms with Crippen LogP contribution in [0.4, 0.5) is 0 Å². The molecule has 0 atom stereocenters. The average molecular weight is 362 g/mol. The first-order chi connectivity index (χ1) is 6.27. The Morgan fingerprint density at radius 3 is 2.46 bits per heavy atom. The summed E-state index contributed by atoms with van der Waals surface area (Å²) in [5.41, 5.74) is 0. The fourth-order valence-corrected chi connectivity index (χ4v) is 0.977. The van der Waals surface area contributed by atoms with Crippen LogP contribution in [-0.4, -0.2) is 19.2 Å². The molecule has 0 saturated carbocycles. The second-order valence-electron chi connectivity index (χ2n) is 1.77. The summed E-state index contributed by atoms with van der Waals surface area (Å²) in [6.45, 7) is 0. The van der Waals surface area contributed by atoms with Gasteiger partial charge >= 0.3 is 30.0 Å². The van der Waals surface area contributed by atoms with E-state index in [1.54, 1.807) is 13.2 Å². The van der Waals surface area contributed by atoms with E-state index in [0.29, 0.717) is 11.8 Å². The SMILES string of the molecule is COc1[c-]cc(Br)c(OC)n1.[Zn+][Br]. The van der Waals surface area contributed by atoms with Gasteiger partial charge in [-0.3, -0.25) is 0 Å². The molecule has 0 saturated heterocycles. The quantitative estimate of drug-likeness (QED) is 0.599. The molecule has 1 heterocycles. The number of aromatic nitrogens is 1. The van der Waals surface area contributed by atoms with Crippen LogP contribution in [-0.2, 0) is 16.3 Å². The predicted octanol–water partition coefficient (Wildman–Crippen LogP) is 2.50. The minimum absolute atomic E-state index is 0.421. The van der Waals surface area contributed by atoms with Crippen LogP contribution in [0.2, 0.25) is 0 Å². The van der Waals surface area contributed by atoms with Crippen LogP contribution in [0.5, 0.6) is 11.8 Å². The van der Waals surface area contributed by atoms with E-state index in [1.165, 1.54) is 23.5 Å². The summed E-state index contributed by atoms with van der Waals surface area (Å²) >= 11 is 7.50. The van der Waals surface area contributed by atoms with Gasteiger partial charge < -0.3 is 9.47 Å². The Balaban J connectivity index is 0.000000671. The number of hydrogen-bond acceptors (Lipinski definition) is 3. The van der Waals surface area contributed by atoms with Crippen LogP contribution >= 0.6 is 29.6 Å². The molecule has 0 amide bonds. The molecule has 13 heavy (non-hydrogen) atoms. The first-order valence-corrected chi connectivity index (χ1v) is 10.9. The molecule has 0 fully saturated rings. The van der Waals surface area contributed by atoms with Crippen molar-refractivity contribution >= 4 is 29.6 Å². The Morgan fingerprint density at radius 2 is 2.00 bits per heavy atom. The summed E-state index contributed by atoms with van der Waals surface area (Å²) in [7, 11) is 3.08. The van der Waals surface area contributed by atoms with Gasteiger partial charge in [-0.05, 0) is 0 Å². The van der Waals surface area contributed by atoms with Crippen LogP contribution < -0.4 is 9.47 Å². The molecule has 0 aromatic carbocycles. The van der Waals surface area contributed by atoms with E-state index in [-0.39, 0.29) is 0 Å². The van der Waals surface area contributed by atoms with Crippen molar-refractivity contribution in [1.82, 2.24) is 4.98 Å². The number of methoxy groups -OCH3 is 2. The minimum atomic E-state index is 0.421. The summed E-state index contributed by atoms with van der Waals surface area (Å²) in [6.07, 6.45) is 0. The summed E-state index contributed by atoms with van der Waals surface area (Å²) < 4.78 is 10.5. The van der Waals surface area contributed by atoms with Gasteiger partial charge in [-0.25, -0.2) is 11.1 Å². The molecule has 0 aliphatic heterocycles. The first-order valence-electron chi connectivity index (χ1n) is 3.21. The molecule has 0 spiro atoms.